The van der Waals surface area contributed by atoms with Gasteiger partial charge in [-0.2, -0.15) is 0 Å². The van der Waals surface area contributed by atoms with E-state index < -0.39 is 6.04 Å². The van der Waals surface area contributed by atoms with Crippen molar-refractivity contribution in [3.8, 4) is 0 Å². The monoisotopic (exact) mass is 428 g/mol. The highest BCUT2D eigenvalue weighted by Gasteiger charge is 2.38. The summed E-state index contributed by atoms with van der Waals surface area (Å²) in [5.41, 5.74) is 1.30. The van der Waals surface area contributed by atoms with Crippen LogP contribution in [0.5, 0.6) is 0 Å². The van der Waals surface area contributed by atoms with Crippen molar-refractivity contribution in [1.82, 2.24) is 10.2 Å². The molecular formula is C23H25FN2O3S. The van der Waals surface area contributed by atoms with Gasteiger partial charge in [-0.05, 0) is 42.7 Å². The van der Waals surface area contributed by atoms with Crippen molar-refractivity contribution in [2.75, 3.05) is 31.4 Å². The molecule has 2 aliphatic rings. The van der Waals surface area contributed by atoms with Crippen molar-refractivity contribution >= 4 is 23.6 Å². The van der Waals surface area contributed by atoms with Crippen LogP contribution < -0.4 is 5.32 Å². The summed E-state index contributed by atoms with van der Waals surface area (Å²) in [5, 5.41) is 3.09. The molecular weight excluding hydrogens is 403 g/mol. The van der Waals surface area contributed by atoms with Crippen molar-refractivity contribution in [1.29, 1.82) is 0 Å². The Labute approximate surface area is 180 Å². The molecule has 30 heavy (non-hydrogen) atoms. The average molecular weight is 429 g/mol. The van der Waals surface area contributed by atoms with Crippen molar-refractivity contribution < 1.29 is 18.7 Å². The smallest absolute Gasteiger partial charge is 0.255 e. The predicted molar refractivity (Wildman–Crippen MR) is 115 cm³/mol. The molecule has 4 rings (SSSR count). The molecule has 1 N–H and O–H groups in total. The molecule has 158 valence electrons. The SMILES string of the molecule is O=C(NCC1(c2ccc(F)cc2)CCOCC1)C1CSCN1C(=O)c1ccccc1. The van der Waals surface area contributed by atoms with Crippen LogP contribution in [0.4, 0.5) is 4.39 Å². The second-order valence-corrected chi connectivity index (χ2v) is 8.77. The maximum absolute atomic E-state index is 13.4. The second-order valence-electron chi connectivity index (χ2n) is 7.77. The number of hydrogen-bond acceptors (Lipinski definition) is 4. The summed E-state index contributed by atoms with van der Waals surface area (Å²) in [6.07, 6.45) is 1.51. The molecule has 0 saturated carbocycles. The van der Waals surface area contributed by atoms with E-state index in [0.717, 1.165) is 18.4 Å². The van der Waals surface area contributed by atoms with Crippen LogP contribution in [0.25, 0.3) is 0 Å². The Balaban J connectivity index is 1.46. The van der Waals surface area contributed by atoms with Gasteiger partial charge in [0.15, 0.2) is 0 Å². The van der Waals surface area contributed by atoms with Gasteiger partial charge in [0.05, 0.1) is 5.88 Å². The van der Waals surface area contributed by atoms with Crippen LogP contribution in [-0.2, 0) is 14.9 Å². The van der Waals surface area contributed by atoms with Crippen molar-refractivity contribution in [3.63, 3.8) is 0 Å². The third-order valence-corrected chi connectivity index (χ3v) is 6.99. The van der Waals surface area contributed by atoms with Crippen LogP contribution in [-0.4, -0.2) is 54.1 Å². The molecule has 5 nitrogen and oxygen atoms in total. The first-order chi connectivity index (χ1) is 14.6. The summed E-state index contributed by atoms with van der Waals surface area (Å²) < 4.78 is 19.0. The number of ether oxygens (including phenoxy) is 1. The normalized spacial score (nSPS) is 20.7. The molecule has 2 aliphatic heterocycles. The second kappa shape index (κ2) is 9.18. The Morgan fingerprint density at radius 3 is 2.50 bits per heavy atom. The summed E-state index contributed by atoms with van der Waals surface area (Å²) in [6.45, 7) is 1.64. The Morgan fingerprint density at radius 1 is 1.10 bits per heavy atom. The van der Waals surface area contributed by atoms with Crippen LogP contribution in [0.15, 0.2) is 54.6 Å². The van der Waals surface area contributed by atoms with E-state index in [1.54, 1.807) is 40.9 Å². The van der Waals surface area contributed by atoms with Crippen LogP contribution >= 0.6 is 11.8 Å². The molecule has 0 radical (unpaired) electrons. The first-order valence-electron chi connectivity index (χ1n) is 10.1. The molecule has 2 amide bonds. The fourth-order valence-corrected chi connectivity index (χ4v) is 5.27. The molecule has 2 saturated heterocycles. The van der Waals surface area contributed by atoms with Crippen molar-refractivity contribution in [2.24, 2.45) is 0 Å². The zero-order valence-electron chi connectivity index (χ0n) is 16.7. The lowest BCUT2D eigenvalue weighted by molar-refractivity contribution is -0.125. The molecule has 2 fully saturated rings. The Bertz CT molecular complexity index is 885. The van der Waals surface area contributed by atoms with Gasteiger partial charge >= 0.3 is 0 Å². The zero-order valence-corrected chi connectivity index (χ0v) is 17.5. The highest BCUT2D eigenvalue weighted by molar-refractivity contribution is 7.99. The first-order valence-corrected chi connectivity index (χ1v) is 11.3. The van der Waals surface area contributed by atoms with Crippen LogP contribution in [0.1, 0.15) is 28.8 Å². The van der Waals surface area contributed by atoms with E-state index in [2.05, 4.69) is 5.32 Å². The van der Waals surface area contributed by atoms with Gasteiger partial charge in [-0.15, -0.1) is 11.8 Å². The molecule has 7 heteroatoms. The van der Waals surface area contributed by atoms with E-state index in [9.17, 15) is 14.0 Å². The van der Waals surface area contributed by atoms with Crippen molar-refractivity contribution in [3.05, 3.63) is 71.5 Å². The maximum Gasteiger partial charge on any atom is 0.255 e. The standard InChI is InChI=1S/C23H25FN2O3S/c24-19-8-6-18(7-9-19)23(10-12-29-13-11-23)15-25-21(27)20-14-30-16-26(20)22(28)17-4-2-1-3-5-17/h1-9,20H,10-16H2,(H,25,27). The lowest BCUT2D eigenvalue weighted by Gasteiger charge is -2.38. The number of benzene rings is 2. The number of rotatable bonds is 5. The summed E-state index contributed by atoms with van der Waals surface area (Å²) in [6, 6.07) is 15.1. The van der Waals surface area contributed by atoms with E-state index >= 15 is 0 Å². The van der Waals surface area contributed by atoms with E-state index in [1.807, 2.05) is 18.2 Å². The van der Waals surface area contributed by atoms with Gasteiger partial charge < -0.3 is 15.0 Å². The van der Waals surface area contributed by atoms with Crippen LogP contribution in [0.3, 0.4) is 0 Å². The number of carbonyl (C=O) groups is 2. The minimum atomic E-state index is -0.493. The molecule has 0 aromatic heterocycles. The van der Waals surface area contributed by atoms with Gasteiger partial charge in [0.1, 0.15) is 11.9 Å². The molecule has 1 atom stereocenters. The number of halogens is 1. The molecule has 0 aliphatic carbocycles. The number of nitrogens with one attached hydrogen (secondary N) is 1. The van der Waals surface area contributed by atoms with Gasteiger partial charge in [0.25, 0.3) is 5.91 Å². The maximum atomic E-state index is 13.4. The Hall–Kier alpha value is -2.38. The zero-order chi connectivity index (χ0) is 21.0. The quantitative estimate of drug-likeness (QED) is 0.795. The molecule has 0 bridgehead atoms. The van der Waals surface area contributed by atoms with E-state index in [-0.39, 0.29) is 23.0 Å². The number of carbonyl (C=O) groups excluding carboxylic acids is 2. The molecule has 1 unspecified atom stereocenters. The average Bonchev–Trinajstić information content (AvgIpc) is 3.29. The third kappa shape index (κ3) is 4.37. The Morgan fingerprint density at radius 2 is 1.80 bits per heavy atom. The highest BCUT2D eigenvalue weighted by Crippen LogP contribution is 2.34. The van der Waals surface area contributed by atoms with Crippen LogP contribution in [0, 0.1) is 5.82 Å². The minimum absolute atomic E-state index is 0.125. The summed E-state index contributed by atoms with van der Waals surface area (Å²) in [7, 11) is 0. The largest absolute Gasteiger partial charge is 0.381 e. The van der Waals surface area contributed by atoms with Gasteiger partial charge in [0.2, 0.25) is 5.91 Å². The Kier molecular flexibility index (Phi) is 6.39. The number of thioether (sulfide) groups is 1. The van der Waals surface area contributed by atoms with E-state index in [4.69, 9.17) is 4.74 Å². The fraction of sp³-hybridized carbons (Fsp3) is 0.391. The number of nitrogens with zero attached hydrogens (tertiary/aromatic N) is 1. The number of hydrogen-bond donors (Lipinski definition) is 1. The van der Waals surface area contributed by atoms with Crippen LogP contribution in [0.2, 0.25) is 0 Å². The molecule has 2 aromatic carbocycles. The number of amides is 2. The predicted octanol–water partition coefficient (Wildman–Crippen LogP) is 3.21. The third-order valence-electron chi connectivity index (χ3n) is 5.97. The van der Waals surface area contributed by atoms with Gasteiger partial charge in [0, 0.05) is 36.5 Å². The van der Waals surface area contributed by atoms with E-state index in [0.29, 0.717) is 37.0 Å². The van der Waals surface area contributed by atoms with Gasteiger partial charge in [-0.3, -0.25) is 9.59 Å². The van der Waals surface area contributed by atoms with E-state index in [1.165, 1.54) is 12.1 Å². The highest BCUT2D eigenvalue weighted by atomic mass is 32.2. The minimum Gasteiger partial charge on any atom is -0.381 e. The van der Waals surface area contributed by atoms with Gasteiger partial charge in [-0.1, -0.05) is 30.3 Å². The van der Waals surface area contributed by atoms with Gasteiger partial charge in [-0.25, -0.2) is 4.39 Å². The molecule has 0 spiro atoms. The lowest BCUT2D eigenvalue weighted by Crippen LogP contribution is -2.51. The molecule has 2 aromatic rings. The lowest BCUT2D eigenvalue weighted by atomic mass is 9.74. The van der Waals surface area contributed by atoms with Crippen molar-refractivity contribution in [2.45, 2.75) is 24.3 Å². The summed E-state index contributed by atoms with van der Waals surface area (Å²) >= 11 is 1.58. The summed E-state index contributed by atoms with van der Waals surface area (Å²) in [5.74, 6) is 0.542. The summed E-state index contributed by atoms with van der Waals surface area (Å²) in [4.78, 5) is 27.6. The topological polar surface area (TPSA) is 58.6 Å². The fourth-order valence-electron chi connectivity index (χ4n) is 4.11. The molecule has 2 heterocycles. The first kappa shape index (κ1) is 20.9.